The molecule has 0 bridgehead atoms. The zero-order valence-electron chi connectivity index (χ0n) is 18.2. The van der Waals surface area contributed by atoms with E-state index >= 15 is 0 Å². The molecule has 4 aromatic rings. The number of rotatable bonds is 8. The highest BCUT2D eigenvalue weighted by Gasteiger charge is 2.28. The number of hydrogen-bond donors (Lipinski definition) is 3. The van der Waals surface area contributed by atoms with Crippen LogP contribution in [-0.2, 0) is 4.79 Å². The normalized spacial score (nSPS) is 11.7. The third-order valence-electron chi connectivity index (χ3n) is 5.15. The molecular formula is C23H20N4O7. The molecule has 11 heteroatoms. The highest BCUT2D eigenvalue weighted by atomic mass is 16.6. The summed E-state index contributed by atoms with van der Waals surface area (Å²) in [5, 5.41) is 28.9. The van der Waals surface area contributed by atoms with E-state index in [1.807, 2.05) is 0 Å². The van der Waals surface area contributed by atoms with E-state index in [0.29, 0.717) is 33.8 Å². The molecule has 1 amide bonds. The summed E-state index contributed by atoms with van der Waals surface area (Å²) in [5.41, 5.74) is 2.20. The summed E-state index contributed by atoms with van der Waals surface area (Å²) < 4.78 is 15.4. The number of carboxylic acids is 1. The van der Waals surface area contributed by atoms with E-state index in [1.165, 1.54) is 7.11 Å². The molecule has 0 radical (unpaired) electrons. The first kappa shape index (κ1) is 22.7. The second kappa shape index (κ2) is 9.55. The van der Waals surface area contributed by atoms with Crippen LogP contribution < -0.4 is 14.8 Å². The van der Waals surface area contributed by atoms with E-state index in [0.717, 1.165) is 0 Å². The van der Waals surface area contributed by atoms with E-state index in [1.54, 1.807) is 55.6 Å². The maximum Gasteiger partial charge on any atom is 0.328 e. The monoisotopic (exact) mass is 464 g/mol. The summed E-state index contributed by atoms with van der Waals surface area (Å²) in [6, 6.07) is 12.2. The van der Waals surface area contributed by atoms with Crippen LogP contribution in [0.1, 0.15) is 10.5 Å². The van der Waals surface area contributed by atoms with Gasteiger partial charge in [0.2, 0.25) is 0 Å². The Morgan fingerprint density at radius 3 is 2.03 bits per heavy atom. The number of pyridine rings is 1. The summed E-state index contributed by atoms with van der Waals surface area (Å²) >= 11 is 0. The zero-order valence-corrected chi connectivity index (χ0v) is 18.2. The second-order valence-corrected chi connectivity index (χ2v) is 7.15. The van der Waals surface area contributed by atoms with Crippen LogP contribution in [0.2, 0.25) is 0 Å². The Labute approximate surface area is 192 Å². The van der Waals surface area contributed by atoms with Crippen molar-refractivity contribution < 1.29 is 33.9 Å². The minimum atomic E-state index is -1.52. The van der Waals surface area contributed by atoms with Gasteiger partial charge in [-0.15, -0.1) is 0 Å². The first-order chi connectivity index (χ1) is 16.5. The highest BCUT2D eigenvalue weighted by molar-refractivity contribution is 6.09. The molecule has 0 saturated carbocycles. The molecular weight excluding hydrogens is 444 g/mol. The molecule has 0 fully saturated rings. The number of aliphatic hydroxyl groups is 1. The van der Waals surface area contributed by atoms with E-state index in [-0.39, 0.29) is 16.8 Å². The van der Waals surface area contributed by atoms with Gasteiger partial charge in [0.05, 0.1) is 20.8 Å². The molecule has 2 heterocycles. The molecule has 0 saturated heterocycles. The Morgan fingerprint density at radius 1 is 0.941 bits per heavy atom. The number of carboxylic acid groups (broad SMARTS) is 1. The van der Waals surface area contributed by atoms with Crippen molar-refractivity contribution in [1.82, 2.24) is 20.6 Å². The SMILES string of the molecule is COc1ccc(-c2nc(C(=O)NC(CO)C(=O)O)c(-c3ccc(OC)cc3)c3nonc23)cc1. The van der Waals surface area contributed by atoms with Gasteiger partial charge in [-0.2, -0.15) is 0 Å². The molecule has 3 N–H and O–H groups in total. The molecule has 0 spiro atoms. The van der Waals surface area contributed by atoms with Gasteiger partial charge in [0, 0.05) is 11.1 Å². The molecule has 0 aliphatic carbocycles. The Kier molecular flexibility index (Phi) is 6.37. The number of nitrogens with one attached hydrogen (secondary N) is 1. The van der Waals surface area contributed by atoms with Crippen LogP contribution in [0.15, 0.2) is 53.2 Å². The fourth-order valence-electron chi connectivity index (χ4n) is 3.40. The van der Waals surface area contributed by atoms with E-state index in [9.17, 15) is 19.8 Å². The number of hydrogen-bond acceptors (Lipinski definition) is 9. The Hall–Kier alpha value is -4.51. The lowest BCUT2D eigenvalue weighted by atomic mass is 9.98. The molecule has 0 aliphatic heterocycles. The van der Waals surface area contributed by atoms with Crippen molar-refractivity contribution >= 4 is 22.9 Å². The average Bonchev–Trinajstić information content (AvgIpc) is 3.36. The van der Waals surface area contributed by atoms with Gasteiger partial charge in [-0.25, -0.2) is 14.4 Å². The molecule has 34 heavy (non-hydrogen) atoms. The van der Waals surface area contributed by atoms with Gasteiger partial charge in [-0.1, -0.05) is 12.1 Å². The Bertz CT molecular complexity index is 1330. The van der Waals surface area contributed by atoms with Gasteiger partial charge in [0.25, 0.3) is 5.91 Å². The fraction of sp³-hybridized carbons (Fsp3) is 0.174. The number of amides is 1. The molecule has 11 nitrogen and oxygen atoms in total. The second-order valence-electron chi connectivity index (χ2n) is 7.15. The Morgan fingerprint density at radius 2 is 1.50 bits per heavy atom. The number of fused-ring (bicyclic) bond motifs is 1. The summed E-state index contributed by atoms with van der Waals surface area (Å²) in [6.45, 7) is -0.794. The minimum Gasteiger partial charge on any atom is -0.497 e. The predicted octanol–water partition coefficient (Wildman–Crippen LogP) is 2.14. The number of benzene rings is 2. The van der Waals surface area contributed by atoms with Gasteiger partial charge in [0.1, 0.15) is 28.4 Å². The number of carbonyl (C=O) groups excluding carboxylic acids is 1. The fourth-order valence-corrected chi connectivity index (χ4v) is 3.40. The van der Waals surface area contributed by atoms with Crippen molar-refractivity contribution in [2.75, 3.05) is 20.8 Å². The van der Waals surface area contributed by atoms with Crippen LogP contribution >= 0.6 is 0 Å². The molecule has 2 aromatic carbocycles. The standard InChI is InChI=1S/C23H20N4O7/c1-32-14-7-3-12(4-8-14)17-19-21(27-34-26-19)18(13-5-9-15(33-2)10-6-13)25-20(17)22(29)24-16(11-28)23(30)31/h3-10,16,28H,11H2,1-2H3,(H,24,29)(H,30,31). The quantitative estimate of drug-likeness (QED) is 0.353. The zero-order chi connectivity index (χ0) is 24.2. The van der Waals surface area contributed by atoms with Crippen LogP contribution in [0.25, 0.3) is 33.4 Å². The lowest BCUT2D eigenvalue weighted by molar-refractivity contribution is -0.140. The van der Waals surface area contributed by atoms with Crippen molar-refractivity contribution in [2.24, 2.45) is 0 Å². The highest BCUT2D eigenvalue weighted by Crippen LogP contribution is 2.36. The van der Waals surface area contributed by atoms with Gasteiger partial charge in [0.15, 0.2) is 11.6 Å². The van der Waals surface area contributed by atoms with Crippen LogP contribution in [0.5, 0.6) is 11.5 Å². The van der Waals surface area contributed by atoms with Gasteiger partial charge < -0.3 is 25.0 Å². The van der Waals surface area contributed by atoms with E-state index < -0.39 is 24.5 Å². The summed E-state index contributed by atoms with van der Waals surface area (Å²) in [4.78, 5) is 29.1. The molecule has 0 aliphatic rings. The lowest BCUT2D eigenvalue weighted by Gasteiger charge is -2.15. The summed E-state index contributed by atoms with van der Waals surface area (Å²) in [5.74, 6) is -0.981. The maximum absolute atomic E-state index is 13.2. The number of aliphatic hydroxyl groups excluding tert-OH is 1. The third-order valence-corrected chi connectivity index (χ3v) is 5.15. The first-order valence-corrected chi connectivity index (χ1v) is 10.1. The van der Waals surface area contributed by atoms with Crippen molar-refractivity contribution in [2.45, 2.75) is 6.04 Å². The van der Waals surface area contributed by atoms with E-state index in [2.05, 4.69) is 20.6 Å². The van der Waals surface area contributed by atoms with Crippen LogP contribution in [0.3, 0.4) is 0 Å². The van der Waals surface area contributed by atoms with E-state index in [4.69, 9.17) is 14.1 Å². The average molecular weight is 464 g/mol. The van der Waals surface area contributed by atoms with Gasteiger partial charge >= 0.3 is 5.97 Å². The summed E-state index contributed by atoms with van der Waals surface area (Å²) in [6.07, 6.45) is 0. The minimum absolute atomic E-state index is 0.112. The molecule has 174 valence electrons. The first-order valence-electron chi connectivity index (χ1n) is 10.1. The number of ether oxygens (including phenoxy) is 2. The third kappa shape index (κ3) is 4.24. The molecule has 1 atom stereocenters. The lowest BCUT2D eigenvalue weighted by Crippen LogP contribution is -2.43. The Balaban J connectivity index is 1.94. The number of nitrogens with zero attached hydrogens (tertiary/aromatic N) is 3. The predicted molar refractivity (Wildman–Crippen MR) is 120 cm³/mol. The van der Waals surface area contributed by atoms with Crippen molar-refractivity contribution in [3.63, 3.8) is 0 Å². The number of carbonyl (C=O) groups is 2. The number of aromatic nitrogens is 3. The molecule has 1 unspecified atom stereocenters. The smallest absolute Gasteiger partial charge is 0.328 e. The maximum atomic E-state index is 13.2. The van der Waals surface area contributed by atoms with Gasteiger partial charge in [-0.3, -0.25) is 4.79 Å². The topological polar surface area (TPSA) is 157 Å². The van der Waals surface area contributed by atoms with Crippen molar-refractivity contribution in [3.8, 4) is 33.9 Å². The van der Waals surface area contributed by atoms with Crippen LogP contribution in [0.4, 0.5) is 0 Å². The van der Waals surface area contributed by atoms with Crippen LogP contribution in [-0.4, -0.2) is 64.3 Å². The number of aliphatic carboxylic acids is 1. The molecule has 4 rings (SSSR count). The number of methoxy groups -OCH3 is 2. The molecule has 2 aromatic heterocycles. The van der Waals surface area contributed by atoms with Crippen molar-refractivity contribution in [1.29, 1.82) is 0 Å². The van der Waals surface area contributed by atoms with Gasteiger partial charge in [-0.05, 0) is 52.3 Å². The summed E-state index contributed by atoms with van der Waals surface area (Å²) in [7, 11) is 3.07. The van der Waals surface area contributed by atoms with Crippen molar-refractivity contribution in [3.05, 3.63) is 54.2 Å². The van der Waals surface area contributed by atoms with Crippen LogP contribution in [0, 0.1) is 0 Å². The largest absolute Gasteiger partial charge is 0.497 e.